The minimum Gasteiger partial charge on any atom is -0.341 e. The second kappa shape index (κ2) is 6.06. The summed E-state index contributed by atoms with van der Waals surface area (Å²) < 4.78 is 24.7. The molecule has 1 heterocycles. The van der Waals surface area contributed by atoms with Gasteiger partial charge in [-0.25, -0.2) is 4.39 Å². The minimum atomic E-state index is -1.47. The largest absolute Gasteiger partial charge is 0.341 e. The maximum absolute atomic E-state index is 12.7. The van der Waals surface area contributed by atoms with Crippen molar-refractivity contribution in [1.82, 2.24) is 4.90 Å². The van der Waals surface area contributed by atoms with Crippen LogP contribution in [-0.4, -0.2) is 39.6 Å². The average Bonchev–Trinajstić information content (AvgIpc) is 2.40. The van der Waals surface area contributed by atoms with Crippen molar-refractivity contribution in [2.45, 2.75) is 17.7 Å². The number of carbonyl (C=O) groups is 2. The number of benzene rings is 1. The number of piperidine rings is 1. The number of carbonyl (C=O) groups excluding carboxylic acids is 2. The van der Waals surface area contributed by atoms with Crippen molar-refractivity contribution < 1.29 is 18.2 Å². The molecule has 1 unspecified atom stereocenters. The van der Waals surface area contributed by atoms with Crippen LogP contribution in [0.1, 0.15) is 12.8 Å². The van der Waals surface area contributed by atoms with Crippen LogP contribution in [0.15, 0.2) is 29.2 Å². The van der Waals surface area contributed by atoms with Gasteiger partial charge in [-0.15, -0.1) is 0 Å². The second-order valence-corrected chi connectivity index (χ2v) is 5.81. The Morgan fingerprint density at radius 1 is 1.21 bits per heavy atom. The van der Waals surface area contributed by atoms with Crippen molar-refractivity contribution in [2.75, 3.05) is 18.8 Å². The predicted octanol–water partition coefficient (Wildman–Crippen LogP) is 1.12. The molecule has 1 aromatic rings. The van der Waals surface area contributed by atoms with E-state index in [0.29, 0.717) is 30.8 Å². The van der Waals surface area contributed by atoms with Gasteiger partial charge in [0.25, 0.3) is 0 Å². The van der Waals surface area contributed by atoms with Gasteiger partial charge in [0.2, 0.25) is 5.91 Å². The first-order valence-corrected chi connectivity index (χ1v) is 7.31. The second-order valence-electron chi connectivity index (χ2n) is 4.36. The van der Waals surface area contributed by atoms with Crippen molar-refractivity contribution in [3.8, 4) is 0 Å². The zero-order valence-electron chi connectivity index (χ0n) is 10.3. The zero-order valence-corrected chi connectivity index (χ0v) is 11.1. The normalized spacial score (nSPS) is 17.3. The van der Waals surface area contributed by atoms with Crippen LogP contribution in [0, 0.1) is 5.82 Å². The number of Topliss-reactive ketones (excluding diaryl/α,β-unsaturated/α-hetero) is 1. The fraction of sp³-hybridized carbons (Fsp3) is 0.385. The first kappa shape index (κ1) is 13.9. The van der Waals surface area contributed by atoms with Crippen LogP contribution in [-0.2, 0) is 20.4 Å². The number of hydrogen-bond acceptors (Lipinski definition) is 3. The molecule has 1 aromatic carbocycles. The molecule has 2 rings (SSSR count). The van der Waals surface area contributed by atoms with Crippen LogP contribution >= 0.6 is 0 Å². The molecular weight excluding hydrogens is 269 g/mol. The molecule has 0 bridgehead atoms. The molecule has 1 aliphatic rings. The highest BCUT2D eigenvalue weighted by Gasteiger charge is 2.22. The van der Waals surface area contributed by atoms with E-state index in [4.69, 9.17) is 0 Å². The Labute approximate surface area is 113 Å². The Hall–Kier alpha value is -1.56. The Morgan fingerprint density at radius 3 is 2.37 bits per heavy atom. The Kier molecular flexibility index (Phi) is 4.42. The summed E-state index contributed by atoms with van der Waals surface area (Å²) in [4.78, 5) is 25.0. The highest BCUT2D eigenvalue weighted by atomic mass is 32.2. The molecule has 0 radical (unpaired) electrons. The molecule has 0 aliphatic carbocycles. The Bertz CT molecular complexity index is 505. The van der Waals surface area contributed by atoms with Crippen LogP contribution in [0.25, 0.3) is 0 Å². The van der Waals surface area contributed by atoms with Gasteiger partial charge < -0.3 is 4.90 Å². The van der Waals surface area contributed by atoms with Gasteiger partial charge in [-0.1, -0.05) is 0 Å². The lowest BCUT2D eigenvalue weighted by Gasteiger charge is -2.25. The van der Waals surface area contributed by atoms with E-state index < -0.39 is 16.6 Å². The summed E-state index contributed by atoms with van der Waals surface area (Å²) in [7, 11) is -1.47. The van der Waals surface area contributed by atoms with Gasteiger partial charge in [-0.05, 0) is 24.3 Å². The van der Waals surface area contributed by atoms with Crippen LogP contribution in [0.2, 0.25) is 0 Å². The van der Waals surface area contributed by atoms with Gasteiger partial charge in [0.15, 0.2) is 0 Å². The third-order valence-corrected chi connectivity index (χ3v) is 4.31. The van der Waals surface area contributed by atoms with E-state index in [2.05, 4.69) is 0 Å². The molecule has 0 N–H and O–H groups in total. The molecule has 1 atom stereocenters. The van der Waals surface area contributed by atoms with Gasteiger partial charge in [-0.3, -0.25) is 13.8 Å². The van der Waals surface area contributed by atoms with Gasteiger partial charge in [0.05, 0.1) is 10.8 Å². The van der Waals surface area contributed by atoms with Crippen LogP contribution < -0.4 is 0 Å². The molecule has 102 valence electrons. The highest BCUT2D eigenvalue weighted by Crippen LogP contribution is 2.11. The third-order valence-electron chi connectivity index (χ3n) is 3.00. The summed E-state index contributed by atoms with van der Waals surface area (Å²) in [6, 6.07) is 5.27. The molecule has 4 nitrogen and oxygen atoms in total. The number of amides is 1. The van der Waals surface area contributed by atoms with Gasteiger partial charge in [0.1, 0.15) is 17.4 Å². The lowest BCUT2D eigenvalue weighted by Crippen LogP contribution is -2.40. The van der Waals surface area contributed by atoms with Crippen molar-refractivity contribution in [3.63, 3.8) is 0 Å². The highest BCUT2D eigenvalue weighted by molar-refractivity contribution is 7.85. The number of hydrogen-bond donors (Lipinski definition) is 0. The Morgan fingerprint density at radius 2 is 1.79 bits per heavy atom. The quantitative estimate of drug-likeness (QED) is 0.835. The van der Waals surface area contributed by atoms with E-state index in [1.807, 2.05) is 0 Å². The third kappa shape index (κ3) is 3.70. The van der Waals surface area contributed by atoms with E-state index in [1.54, 1.807) is 4.90 Å². The fourth-order valence-corrected chi connectivity index (χ4v) is 2.89. The summed E-state index contributed by atoms with van der Waals surface area (Å²) >= 11 is 0. The zero-order chi connectivity index (χ0) is 13.8. The molecular formula is C13H14FNO3S. The molecule has 19 heavy (non-hydrogen) atoms. The summed E-state index contributed by atoms with van der Waals surface area (Å²) in [6.07, 6.45) is 0.740. The number of halogens is 1. The number of likely N-dealkylation sites (tertiary alicyclic amines) is 1. The summed E-state index contributed by atoms with van der Waals surface area (Å²) in [6.45, 7) is 0.802. The van der Waals surface area contributed by atoms with Crippen LogP contribution in [0.3, 0.4) is 0 Å². The molecule has 0 aromatic heterocycles. The fourth-order valence-electron chi connectivity index (χ4n) is 1.88. The topological polar surface area (TPSA) is 54.5 Å². The van der Waals surface area contributed by atoms with Crippen molar-refractivity contribution in [2.24, 2.45) is 0 Å². The van der Waals surface area contributed by atoms with Gasteiger partial charge in [-0.2, -0.15) is 0 Å². The lowest BCUT2D eigenvalue weighted by atomic mass is 10.1. The van der Waals surface area contributed by atoms with E-state index in [9.17, 15) is 18.2 Å². The van der Waals surface area contributed by atoms with E-state index >= 15 is 0 Å². The molecule has 6 heteroatoms. The van der Waals surface area contributed by atoms with Gasteiger partial charge in [0, 0.05) is 30.8 Å². The number of ketones is 1. The molecule has 1 amide bonds. The molecule has 0 spiro atoms. The van der Waals surface area contributed by atoms with Crippen molar-refractivity contribution in [1.29, 1.82) is 0 Å². The van der Waals surface area contributed by atoms with Crippen molar-refractivity contribution in [3.05, 3.63) is 30.1 Å². The van der Waals surface area contributed by atoms with E-state index in [-0.39, 0.29) is 17.4 Å². The first-order valence-electron chi connectivity index (χ1n) is 5.99. The molecule has 1 fully saturated rings. The summed E-state index contributed by atoms with van der Waals surface area (Å²) in [5.74, 6) is -0.597. The first-order chi connectivity index (χ1) is 9.06. The number of rotatable bonds is 3. The summed E-state index contributed by atoms with van der Waals surface area (Å²) in [5, 5.41) is 0. The smallest absolute Gasteiger partial charge is 0.235 e. The average molecular weight is 283 g/mol. The SMILES string of the molecule is O=C1CCN(C(=O)CS(=O)c2ccc(F)cc2)CC1. The molecule has 0 saturated carbocycles. The minimum absolute atomic E-state index is 0.125. The van der Waals surface area contributed by atoms with Gasteiger partial charge >= 0.3 is 0 Å². The maximum Gasteiger partial charge on any atom is 0.235 e. The number of nitrogens with zero attached hydrogens (tertiary/aromatic N) is 1. The Balaban J connectivity index is 1.93. The van der Waals surface area contributed by atoms with Crippen LogP contribution in [0.4, 0.5) is 4.39 Å². The predicted molar refractivity (Wildman–Crippen MR) is 68.5 cm³/mol. The van der Waals surface area contributed by atoms with Crippen molar-refractivity contribution >= 4 is 22.5 Å². The lowest BCUT2D eigenvalue weighted by molar-refractivity contribution is -0.132. The van der Waals surface area contributed by atoms with E-state index in [0.717, 1.165) is 0 Å². The maximum atomic E-state index is 12.7. The van der Waals surface area contributed by atoms with Crippen LogP contribution in [0.5, 0.6) is 0 Å². The molecule has 1 saturated heterocycles. The van der Waals surface area contributed by atoms with E-state index in [1.165, 1.54) is 24.3 Å². The standard InChI is InChI=1S/C13H14FNO3S/c14-10-1-3-12(4-2-10)19(18)9-13(17)15-7-5-11(16)6-8-15/h1-4H,5-9H2. The molecule has 1 aliphatic heterocycles. The summed E-state index contributed by atoms with van der Waals surface area (Å²) in [5.41, 5.74) is 0. The monoisotopic (exact) mass is 283 g/mol.